The maximum Gasteiger partial charge on any atom is 0.265 e. The van der Waals surface area contributed by atoms with Gasteiger partial charge in [-0.1, -0.05) is 61.0 Å². The van der Waals surface area contributed by atoms with Crippen molar-refractivity contribution >= 4 is 11.6 Å². The molecule has 0 aromatic heterocycles. The summed E-state index contributed by atoms with van der Waals surface area (Å²) >= 11 is 0. The monoisotopic (exact) mass is 448 g/mol. The Hall–Kier alpha value is -2.80. The number of carbonyl (C=O) groups is 1. The van der Waals surface area contributed by atoms with E-state index < -0.39 is 6.10 Å². The van der Waals surface area contributed by atoms with Crippen LogP contribution in [0.25, 0.3) is 0 Å². The first-order valence-electron chi connectivity index (χ1n) is 12.2. The van der Waals surface area contributed by atoms with E-state index in [0.717, 1.165) is 31.4 Å². The quantitative estimate of drug-likeness (QED) is 0.387. The molecule has 2 aromatic rings. The summed E-state index contributed by atoms with van der Waals surface area (Å²) < 4.78 is 6.39. The Morgan fingerprint density at radius 2 is 1.52 bits per heavy atom. The molecule has 0 spiro atoms. The minimum Gasteiger partial charge on any atom is -0.481 e. The molecule has 0 aliphatic heterocycles. The number of nitriles is 1. The number of nitrogens with zero attached hydrogens (tertiary/aromatic N) is 1. The molecule has 2 aromatic carbocycles. The number of rotatable bonds is 11. The van der Waals surface area contributed by atoms with Gasteiger partial charge in [-0.05, 0) is 84.0 Å². The third-order valence-electron chi connectivity index (χ3n) is 6.91. The molecule has 4 heteroatoms. The van der Waals surface area contributed by atoms with Crippen molar-refractivity contribution in [3.8, 4) is 11.8 Å². The minimum atomic E-state index is -0.585. The first-order valence-corrected chi connectivity index (χ1v) is 12.2. The molecule has 178 valence electrons. The van der Waals surface area contributed by atoms with E-state index in [0.29, 0.717) is 17.7 Å². The summed E-state index contributed by atoms with van der Waals surface area (Å²) in [5.74, 6) is 0.589. The molecule has 4 nitrogen and oxygen atoms in total. The van der Waals surface area contributed by atoms with Gasteiger partial charge in [0.15, 0.2) is 6.10 Å². The molecule has 2 rings (SSSR count). The summed E-state index contributed by atoms with van der Waals surface area (Å²) in [7, 11) is 0. The highest BCUT2D eigenvalue weighted by atomic mass is 16.5. The molecule has 1 amide bonds. The Bertz CT molecular complexity index is 934. The van der Waals surface area contributed by atoms with Crippen LogP contribution in [0.15, 0.2) is 42.5 Å². The molecule has 33 heavy (non-hydrogen) atoms. The third kappa shape index (κ3) is 7.09. The molecule has 1 atom stereocenters. The van der Waals surface area contributed by atoms with E-state index in [2.05, 4.69) is 78.1 Å². The smallest absolute Gasteiger partial charge is 0.265 e. The van der Waals surface area contributed by atoms with Gasteiger partial charge in [0.25, 0.3) is 5.91 Å². The third-order valence-corrected chi connectivity index (χ3v) is 6.91. The molecule has 0 aliphatic rings. The fourth-order valence-electron chi connectivity index (χ4n) is 3.50. The van der Waals surface area contributed by atoms with Gasteiger partial charge in [-0.2, -0.15) is 5.26 Å². The Kier molecular flexibility index (Phi) is 9.11. The Morgan fingerprint density at radius 3 is 1.97 bits per heavy atom. The molecule has 0 bridgehead atoms. The van der Waals surface area contributed by atoms with Gasteiger partial charge in [0.05, 0.1) is 11.6 Å². The molecule has 0 saturated heterocycles. The van der Waals surface area contributed by atoms with Crippen LogP contribution in [0.3, 0.4) is 0 Å². The lowest BCUT2D eigenvalue weighted by Gasteiger charge is -2.30. The van der Waals surface area contributed by atoms with Crippen LogP contribution in [0.5, 0.6) is 5.75 Å². The predicted octanol–water partition coefficient (Wildman–Crippen LogP) is 7.51. The Balaban J connectivity index is 2.37. The number of nitrogens with one attached hydrogen (secondary N) is 1. The topological polar surface area (TPSA) is 62.1 Å². The molecule has 1 unspecified atom stereocenters. The zero-order chi connectivity index (χ0) is 24.6. The van der Waals surface area contributed by atoms with E-state index in [1.54, 1.807) is 24.3 Å². The van der Waals surface area contributed by atoms with Crippen molar-refractivity contribution in [3.63, 3.8) is 0 Å². The number of hydrogen-bond donors (Lipinski definition) is 1. The highest BCUT2D eigenvalue weighted by Gasteiger charge is 2.27. The van der Waals surface area contributed by atoms with E-state index in [1.165, 1.54) is 11.1 Å². The highest BCUT2D eigenvalue weighted by Crippen LogP contribution is 2.36. The van der Waals surface area contributed by atoms with Crippen LogP contribution >= 0.6 is 0 Å². The predicted molar refractivity (Wildman–Crippen MR) is 137 cm³/mol. The molecule has 0 heterocycles. The van der Waals surface area contributed by atoms with Gasteiger partial charge in [-0.3, -0.25) is 4.79 Å². The van der Waals surface area contributed by atoms with Gasteiger partial charge in [-0.15, -0.1) is 0 Å². The summed E-state index contributed by atoms with van der Waals surface area (Å²) in [4.78, 5) is 13.2. The standard InChI is InChI=1S/C29H40N2O2/c1-8-11-12-26(27(32)31-24-15-13-21(20-30)14-16-24)33-25-18-22(28(4,5)9-2)17-23(19-25)29(6,7)10-3/h13-19,26H,8-12H2,1-7H3,(H,31,32). The van der Waals surface area contributed by atoms with E-state index in [9.17, 15) is 4.79 Å². The summed E-state index contributed by atoms with van der Waals surface area (Å²) in [5, 5.41) is 12.0. The molecule has 1 N–H and O–H groups in total. The maximum absolute atomic E-state index is 13.2. The summed E-state index contributed by atoms with van der Waals surface area (Å²) in [6, 6.07) is 15.5. The molecular formula is C29H40N2O2. The summed E-state index contributed by atoms with van der Waals surface area (Å²) in [6.45, 7) is 15.5. The average Bonchev–Trinajstić information content (AvgIpc) is 2.81. The van der Waals surface area contributed by atoms with Gasteiger partial charge in [0.2, 0.25) is 0 Å². The number of anilines is 1. The van der Waals surface area contributed by atoms with Crippen LogP contribution in [0.1, 0.15) is 97.3 Å². The van der Waals surface area contributed by atoms with Crippen LogP contribution in [0.2, 0.25) is 0 Å². The van der Waals surface area contributed by atoms with Crippen LogP contribution in [0.4, 0.5) is 5.69 Å². The van der Waals surface area contributed by atoms with Crippen molar-refractivity contribution in [3.05, 3.63) is 59.2 Å². The van der Waals surface area contributed by atoms with E-state index in [4.69, 9.17) is 10.00 Å². The largest absolute Gasteiger partial charge is 0.481 e. The average molecular weight is 449 g/mol. The van der Waals surface area contributed by atoms with Crippen molar-refractivity contribution in [2.24, 2.45) is 0 Å². The normalized spacial score (nSPS) is 12.7. The number of benzene rings is 2. The lowest BCUT2D eigenvalue weighted by Crippen LogP contribution is -2.33. The van der Waals surface area contributed by atoms with Gasteiger partial charge in [0.1, 0.15) is 5.75 Å². The zero-order valence-corrected chi connectivity index (χ0v) is 21.4. The molecule has 0 saturated carbocycles. The van der Waals surface area contributed by atoms with Crippen LogP contribution in [0, 0.1) is 11.3 Å². The molecule has 0 fully saturated rings. The number of carbonyl (C=O) groups excluding carboxylic acids is 1. The lowest BCUT2D eigenvalue weighted by atomic mass is 9.76. The second-order valence-electron chi connectivity index (χ2n) is 10.1. The second kappa shape index (κ2) is 11.4. The molecule has 0 radical (unpaired) electrons. The lowest BCUT2D eigenvalue weighted by molar-refractivity contribution is -0.123. The van der Waals surface area contributed by atoms with Gasteiger partial charge in [0, 0.05) is 5.69 Å². The number of unbranched alkanes of at least 4 members (excludes halogenated alkanes) is 1. The van der Waals surface area contributed by atoms with E-state index in [1.807, 2.05) is 0 Å². The van der Waals surface area contributed by atoms with Crippen LogP contribution in [-0.2, 0) is 15.6 Å². The SMILES string of the molecule is CCCCC(Oc1cc(C(C)(C)CC)cc(C(C)(C)CC)c1)C(=O)Nc1ccc(C#N)cc1. The first-order chi connectivity index (χ1) is 15.6. The fraction of sp³-hybridized carbons (Fsp3) is 0.517. The Labute approximate surface area is 200 Å². The minimum absolute atomic E-state index is 0.0155. The number of ether oxygens (including phenoxy) is 1. The van der Waals surface area contributed by atoms with Crippen molar-refractivity contribution in [1.29, 1.82) is 5.26 Å². The summed E-state index contributed by atoms with van der Waals surface area (Å²) in [5.41, 5.74) is 3.73. The molecular weight excluding hydrogens is 408 g/mol. The van der Waals surface area contributed by atoms with Crippen LogP contribution in [-0.4, -0.2) is 12.0 Å². The van der Waals surface area contributed by atoms with E-state index in [-0.39, 0.29) is 16.7 Å². The maximum atomic E-state index is 13.2. The van der Waals surface area contributed by atoms with Gasteiger partial charge < -0.3 is 10.1 Å². The van der Waals surface area contributed by atoms with Crippen molar-refractivity contribution in [2.45, 2.75) is 97.5 Å². The van der Waals surface area contributed by atoms with E-state index >= 15 is 0 Å². The Morgan fingerprint density at radius 1 is 0.970 bits per heavy atom. The molecule has 0 aliphatic carbocycles. The van der Waals surface area contributed by atoms with Crippen molar-refractivity contribution in [1.82, 2.24) is 0 Å². The van der Waals surface area contributed by atoms with Crippen LogP contribution < -0.4 is 10.1 Å². The van der Waals surface area contributed by atoms with Gasteiger partial charge >= 0.3 is 0 Å². The summed E-state index contributed by atoms with van der Waals surface area (Å²) in [6.07, 6.45) is 3.98. The number of amides is 1. The van der Waals surface area contributed by atoms with Crippen molar-refractivity contribution in [2.75, 3.05) is 5.32 Å². The highest BCUT2D eigenvalue weighted by molar-refractivity contribution is 5.94. The second-order valence-corrected chi connectivity index (χ2v) is 10.1. The zero-order valence-electron chi connectivity index (χ0n) is 21.4. The first kappa shape index (κ1) is 26.5. The fourth-order valence-corrected chi connectivity index (χ4v) is 3.50. The number of hydrogen-bond acceptors (Lipinski definition) is 3. The van der Waals surface area contributed by atoms with Gasteiger partial charge in [-0.25, -0.2) is 0 Å². The van der Waals surface area contributed by atoms with Crippen molar-refractivity contribution < 1.29 is 9.53 Å².